The Kier molecular flexibility index (Phi) is 5.30. The summed E-state index contributed by atoms with van der Waals surface area (Å²) in [4.78, 5) is 4.21. The van der Waals surface area contributed by atoms with Crippen molar-refractivity contribution in [3.8, 4) is 11.5 Å². The zero-order chi connectivity index (χ0) is 17.6. The Balaban J connectivity index is 1.49. The van der Waals surface area contributed by atoms with E-state index < -0.39 is 0 Å². The van der Waals surface area contributed by atoms with Gasteiger partial charge in [0.05, 0.1) is 6.54 Å². The molecule has 0 aliphatic carbocycles. The number of nitrogens with zero attached hydrogens (tertiary/aromatic N) is 1. The molecule has 1 unspecified atom stereocenters. The van der Waals surface area contributed by atoms with E-state index in [1.54, 1.807) is 12.1 Å². The van der Waals surface area contributed by atoms with Crippen LogP contribution in [0.15, 0.2) is 53.5 Å². The lowest BCUT2D eigenvalue weighted by atomic mass is 10.2. The van der Waals surface area contributed by atoms with E-state index in [0.717, 1.165) is 5.75 Å². The SMILES string of the molecule is NC(=NCC1COc2ccccc2O1)NC(=S)Nc1ccc(F)cc1. The van der Waals surface area contributed by atoms with Crippen molar-refractivity contribution in [1.82, 2.24) is 5.32 Å². The summed E-state index contributed by atoms with van der Waals surface area (Å²) in [5.41, 5.74) is 6.46. The van der Waals surface area contributed by atoms with Crippen LogP contribution in [0.25, 0.3) is 0 Å². The first-order chi connectivity index (χ1) is 12.1. The average molecular weight is 360 g/mol. The number of rotatable bonds is 3. The zero-order valence-corrected chi connectivity index (χ0v) is 14.1. The largest absolute Gasteiger partial charge is 0.486 e. The monoisotopic (exact) mass is 360 g/mol. The van der Waals surface area contributed by atoms with Gasteiger partial charge in [-0.1, -0.05) is 12.1 Å². The third-order valence-electron chi connectivity index (χ3n) is 3.38. The van der Waals surface area contributed by atoms with Crippen molar-refractivity contribution < 1.29 is 13.9 Å². The quantitative estimate of drug-likeness (QED) is 0.443. The molecule has 1 heterocycles. The fraction of sp³-hybridized carbons (Fsp3) is 0.176. The van der Waals surface area contributed by atoms with E-state index in [9.17, 15) is 4.39 Å². The summed E-state index contributed by atoms with van der Waals surface area (Å²) < 4.78 is 24.3. The van der Waals surface area contributed by atoms with Gasteiger partial charge in [0.15, 0.2) is 28.7 Å². The predicted octanol–water partition coefficient (Wildman–Crippen LogP) is 2.27. The number of halogens is 1. The van der Waals surface area contributed by atoms with E-state index in [-0.39, 0.29) is 23.0 Å². The normalized spacial score (nSPS) is 16.2. The highest BCUT2D eigenvalue weighted by molar-refractivity contribution is 7.80. The van der Waals surface area contributed by atoms with Crippen molar-refractivity contribution >= 4 is 29.0 Å². The molecule has 0 bridgehead atoms. The Hall–Kier alpha value is -2.87. The Morgan fingerprint density at radius 3 is 2.68 bits per heavy atom. The second-order valence-electron chi connectivity index (χ2n) is 5.31. The molecular formula is C17H17FN4O2S. The third kappa shape index (κ3) is 4.80. The van der Waals surface area contributed by atoms with Gasteiger partial charge in [-0.25, -0.2) is 9.38 Å². The minimum atomic E-state index is -0.318. The molecule has 4 N–H and O–H groups in total. The number of nitrogens with two attached hydrogens (primary N) is 1. The minimum Gasteiger partial charge on any atom is -0.486 e. The fourth-order valence-corrected chi connectivity index (χ4v) is 2.43. The van der Waals surface area contributed by atoms with Crippen LogP contribution in [0.2, 0.25) is 0 Å². The van der Waals surface area contributed by atoms with Gasteiger partial charge in [-0.15, -0.1) is 0 Å². The summed E-state index contributed by atoms with van der Waals surface area (Å²) in [5, 5.41) is 5.91. The summed E-state index contributed by atoms with van der Waals surface area (Å²) in [6.45, 7) is 0.721. The zero-order valence-electron chi connectivity index (χ0n) is 13.2. The van der Waals surface area contributed by atoms with Gasteiger partial charge in [0.2, 0.25) is 0 Å². The second kappa shape index (κ2) is 7.80. The molecule has 1 aliphatic rings. The fourth-order valence-electron chi connectivity index (χ4n) is 2.20. The molecule has 0 amide bonds. The first-order valence-electron chi connectivity index (χ1n) is 7.62. The van der Waals surface area contributed by atoms with Crippen LogP contribution in [0.1, 0.15) is 0 Å². The molecular weight excluding hydrogens is 343 g/mol. The molecule has 2 aromatic carbocycles. The smallest absolute Gasteiger partial charge is 0.195 e. The summed E-state index contributed by atoms with van der Waals surface area (Å²) >= 11 is 5.14. The van der Waals surface area contributed by atoms with Crippen molar-refractivity contribution in [3.05, 3.63) is 54.3 Å². The number of para-hydroxylation sites is 2. The van der Waals surface area contributed by atoms with Gasteiger partial charge in [-0.3, -0.25) is 0 Å². The molecule has 0 saturated heterocycles. The predicted molar refractivity (Wildman–Crippen MR) is 98.6 cm³/mol. The van der Waals surface area contributed by atoms with Gasteiger partial charge in [0.25, 0.3) is 0 Å². The van der Waals surface area contributed by atoms with Crippen LogP contribution in [0, 0.1) is 5.82 Å². The van der Waals surface area contributed by atoms with Gasteiger partial charge < -0.3 is 25.8 Å². The van der Waals surface area contributed by atoms with Gasteiger partial charge in [0.1, 0.15) is 12.4 Å². The molecule has 0 aromatic heterocycles. The van der Waals surface area contributed by atoms with Crippen LogP contribution in [-0.2, 0) is 0 Å². The molecule has 3 rings (SSSR count). The maximum atomic E-state index is 12.9. The van der Waals surface area contributed by atoms with E-state index in [1.165, 1.54) is 12.1 Å². The first-order valence-corrected chi connectivity index (χ1v) is 8.03. The van der Waals surface area contributed by atoms with E-state index in [2.05, 4.69) is 15.6 Å². The second-order valence-corrected chi connectivity index (χ2v) is 5.72. The van der Waals surface area contributed by atoms with Crippen molar-refractivity contribution in [3.63, 3.8) is 0 Å². The molecule has 0 fully saturated rings. The third-order valence-corrected chi connectivity index (χ3v) is 3.58. The molecule has 130 valence electrons. The van der Waals surface area contributed by atoms with E-state index in [0.29, 0.717) is 24.6 Å². The van der Waals surface area contributed by atoms with Crippen molar-refractivity contribution in [2.24, 2.45) is 10.7 Å². The Labute approximate surface area is 149 Å². The number of anilines is 1. The molecule has 25 heavy (non-hydrogen) atoms. The molecule has 6 nitrogen and oxygen atoms in total. The number of aliphatic imine (C=N–C) groups is 1. The maximum absolute atomic E-state index is 12.9. The lowest BCUT2D eigenvalue weighted by Crippen LogP contribution is -2.41. The lowest BCUT2D eigenvalue weighted by Gasteiger charge is -2.25. The number of hydrogen-bond acceptors (Lipinski definition) is 4. The van der Waals surface area contributed by atoms with Crippen LogP contribution < -0.4 is 25.8 Å². The van der Waals surface area contributed by atoms with Gasteiger partial charge in [0, 0.05) is 5.69 Å². The van der Waals surface area contributed by atoms with Crippen LogP contribution in [0.3, 0.4) is 0 Å². The Morgan fingerprint density at radius 1 is 1.20 bits per heavy atom. The molecule has 1 atom stereocenters. The van der Waals surface area contributed by atoms with Crippen molar-refractivity contribution in [2.45, 2.75) is 6.10 Å². The number of fused-ring (bicyclic) bond motifs is 1. The number of nitrogens with one attached hydrogen (secondary N) is 2. The van der Waals surface area contributed by atoms with Crippen LogP contribution >= 0.6 is 12.2 Å². The number of guanidine groups is 1. The maximum Gasteiger partial charge on any atom is 0.195 e. The standard InChI is InChI=1S/C17H17FN4O2S/c18-11-5-7-12(8-6-11)21-17(25)22-16(19)20-9-13-10-23-14-3-1-2-4-15(14)24-13/h1-8,13H,9-10H2,(H4,19,20,21,22,25). The molecule has 0 radical (unpaired) electrons. The number of benzene rings is 2. The topological polar surface area (TPSA) is 80.9 Å². The summed E-state index contributed by atoms with van der Waals surface area (Å²) in [7, 11) is 0. The van der Waals surface area contributed by atoms with Gasteiger partial charge in [-0.2, -0.15) is 0 Å². The summed E-state index contributed by atoms with van der Waals surface area (Å²) in [6, 6.07) is 13.3. The van der Waals surface area contributed by atoms with E-state index in [4.69, 9.17) is 27.4 Å². The number of ether oxygens (including phenoxy) is 2. The minimum absolute atomic E-state index is 0.155. The Bertz CT molecular complexity index is 782. The lowest BCUT2D eigenvalue weighted by molar-refractivity contribution is 0.0972. The highest BCUT2D eigenvalue weighted by Crippen LogP contribution is 2.30. The van der Waals surface area contributed by atoms with E-state index in [1.807, 2.05) is 24.3 Å². The van der Waals surface area contributed by atoms with E-state index >= 15 is 0 Å². The summed E-state index contributed by atoms with van der Waals surface area (Å²) in [6.07, 6.45) is -0.228. The summed E-state index contributed by atoms with van der Waals surface area (Å²) in [5.74, 6) is 1.25. The molecule has 0 saturated carbocycles. The molecule has 0 spiro atoms. The number of hydrogen-bond donors (Lipinski definition) is 3. The van der Waals surface area contributed by atoms with Crippen LogP contribution in [0.5, 0.6) is 11.5 Å². The van der Waals surface area contributed by atoms with Crippen LogP contribution in [0.4, 0.5) is 10.1 Å². The van der Waals surface area contributed by atoms with Crippen molar-refractivity contribution in [2.75, 3.05) is 18.5 Å². The average Bonchev–Trinajstić information content (AvgIpc) is 2.61. The van der Waals surface area contributed by atoms with Crippen molar-refractivity contribution in [1.29, 1.82) is 0 Å². The highest BCUT2D eigenvalue weighted by Gasteiger charge is 2.20. The van der Waals surface area contributed by atoms with Crippen LogP contribution in [-0.4, -0.2) is 30.3 Å². The Morgan fingerprint density at radius 2 is 1.92 bits per heavy atom. The molecule has 8 heteroatoms. The first kappa shape index (κ1) is 17.0. The highest BCUT2D eigenvalue weighted by atomic mass is 32.1. The molecule has 1 aliphatic heterocycles. The van der Waals surface area contributed by atoms with Gasteiger partial charge in [-0.05, 0) is 48.6 Å². The van der Waals surface area contributed by atoms with Gasteiger partial charge >= 0.3 is 0 Å². The molecule has 2 aromatic rings. The number of thiocarbonyl (C=S) groups is 1.